The van der Waals surface area contributed by atoms with Crippen molar-refractivity contribution in [2.75, 3.05) is 0 Å². The normalized spacial score (nSPS) is 12.2. The van der Waals surface area contributed by atoms with Crippen LogP contribution in [0.2, 0.25) is 0 Å². The largest absolute Gasteiger partial charge is 0.475 e. The lowest BCUT2D eigenvalue weighted by Crippen LogP contribution is -2.31. The lowest BCUT2D eigenvalue weighted by Gasteiger charge is -2.15. The molecule has 0 radical (unpaired) electrons. The van der Waals surface area contributed by atoms with E-state index in [2.05, 4.69) is 20.4 Å². The highest BCUT2D eigenvalue weighted by Gasteiger charge is 2.16. The Balaban J connectivity index is 1.98. The number of ether oxygens (including phenoxy) is 1. The van der Waals surface area contributed by atoms with E-state index < -0.39 is 6.04 Å². The molecule has 2 heterocycles. The molecule has 0 aliphatic rings. The van der Waals surface area contributed by atoms with E-state index in [0.717, 1.165) is 5.56 Å². The maximum absolute atomic E-state index is 12.1. The van der Waals surface area contributed by atoms with Gasteiger partial charge in [-0.1, -0.05) is 6.07 Å². The molecular weight excluding hydrogens is 270 g/mol. The van der Waals surface area contributed by atoms with Crippen molar-refractivity contribution >= 4 is 5.91 Å². The van der Waals surface area contributed by atoms with Crippen LogP contribution in [0.3, 0.4) is 0 Å². The molecule has 0 saturated carbocycles. The third kappa shape index (κ3) is 4.01. The summed E-state index contributed by atoms with van der Waals surface area (Å²) in [5.74, 6) is 0.404. The standard InChI is InChI=1S/C14H19N5O2/c1-10(2)21-14-12(5-4-6-16-14)7-17-13(20)11(3)19-9-15-8-18-19/h4-6,8-11H,7H2,1-3H3,(H,17,20)/t11-/m0/s1. The number of rotatable bonds is 6. The molecular formula is C14H19N5O2. The van der Waals surface area contributed by atoms with Crippen LogP contribution in [0.5, 0.6) is 5.88 Å². The Kier molecular flexibility index (Phi) is 4.86. The molecule has 0 bridgehead atoms. The zero-order chi connectivity index (χ0) is 15.2. The van der Waals surface area contributed by atoms with E-state index in [0.29, 0.717) is 12.4 Å². The Morgan fingerprint density at radius 1 is 1.43 bits per heavy atom. The minimum Gasteiger partial charge on any atom is -0.475 e. The van der Waals surface area contributed by atoms with Crippen molar-refractivity contribution in [3.8, 4) is 5.88 Å². The zero-order valence-electron chi connectivity index (χ0n) is 12.4. The van der Waals surface area contributed by atoms with Crippen LogP contribution in [-0.2, 0) is 11.3 Å². The average Bonchev–Trinajstić information content (AvgIpc) is 2.98. The summed E-state index contributed by atoms with van der Waals surface area (Å²) in [5, 5.41) is 6.81. The zero-order valence-corrected chi connectivity index (χ0v) is 12.4. The summed E-state index contributed by atoms with van der Waals surface area (Å²) in [6.07, 6.45) is 4.62. The highest BCUT2D eigenvalue weighted by molar-refractivity contribution is 5.79. The summed E-state index contributed by atoms with van der Waals surface area (Å²) in [6.45, 7) is 5.99. The van der Waals surface area contributed by atoms with Crippen molar-refractivity contribution in [2.45, 2.75) is 39.5 Å². The summed E-state index contributed by atoms with van der Waals surface area (Å²) in [4.78, 5) is 20.1. The molecule has 0 aliphatic carbocycles. The summed E-state index contributed by atoms with van der Waals surface area (Å²) < 4.78 is 7.12. The molecule has 0 aromatic carbocycles. The maximum atomic E-state index is 12.1. The van der Waals surface area contributed by atoms with E-state index in [9.17, 15) is 4.79 Å². The highest BCUT2D eigenvalue weighted by atomic mass is 16.5. The topological polar surface area (TPSA) is 81.9 Å². The second-order valence-corrected chi connectivity index (χ2v) is 4.90. The number of hydrogen-bond acceptors (Lipinski definition) is 5. The molecule has 0 spiro atoms. The van der Waals surface area contributed by atoms with Crippen molar-refractivity contribution in [1.82, 2.24) is 25.1 Å². The number of nitrogens with one attached hydrogen (secondary N) is 1. The molecule has 7 heteroatoms. The summed E-state index contributed by atoms with van der Waals surface area (Å²) in [5.41, 5.74) is 0.838. The molecule has 2 aromatic rings. The van der Waals surface area contributed by atoms with Gasteiger partial charge >= 0.3 is 0 Å². The highest BCUT2D eigenvalue weighted by Crippen LogP contribution is 2.16. The van der Waals surface area contributed by atoms with Crippen molar-refractivity contribution in [2.24, 2.45) is 0 Å². The SMILES string of the molecule is CC(C)Oc1ncccc1CNC(=O)[C@H](C)n1cncn1. The smallest absolute Gasteiger partial charge is 0.244 e. The Bertz CT molecular complexity index is 583. The number of hydrogen-bond donors (Lipinski definition) is 1. The predicted molar refractivity (Wildman–Crippen MR) is 76.6 cm³/mol. The van der Waals surface area contributed by atoms with Gasteiger partial charge in [0.15, 0.2) is 0 Å². The van der Waals surface area contributed by atoms with Gasteiger partial charge in [0.2, 0.25) is 11.8 Å². The summed E-state index contributed by atoms with van der Waals surface area (Å²) in [6, 6.07) is 3.28. The minimum atomic E-state index is -0.418. The third-order valence-corrected chi connectivity index (χ3v) is 2.86. The summed E-state index contributed by atoms with van der Waals surface area (Å²) in [7, 11) is 0. The van der Waals surface area contributed by atoms with Crippen LogP contribution >= 0.6 is 0 Å². The molecule has 0 fully saturated rings. The van der Waals surface area contributed by atoms with E-state index in [1.807, 2.05) is 26.0 Å². The Hall–Kier alpha value is -2.44. The second kappa shape index (κ2) is 6.83. The number of carbonyl (C=O) groups is 1. The van der Waals surface area contributed by atoms with Gasteiger partial charge < -0.3 is 10.1 Å². The van der Waals surface area contributed by atoms with Crippen molar-refractivity contribution < 1.29 is 9.53 Å². The van der Waals surface area contributed by atoms with Gasteiger partial charge in [0, 0.05) is 18.3 Å². The van der Waals surface area contributed by atoms with Crippen LogP contribution in [0.15, 0.2) is 31.0 Å². The Morgan fingerprint density at radius 2 is 2.24 bits per heavy atom. The van der Waals surface area contributed by atoms with Gasteiger partial charge in [0.05, 0.1) is 6.10 Å². The maximum Gasteiger partial charge on any atom is 0.244 e. The minimum absolute atomic E-state index is 0.0309. The number of amides is 1. The fourth-order valence-corrected chi connectivity index (χ4v) is 1.76. The number of aromatic nitrogens is 4. The molecule has 7 nitrogen and oxygen atoms in total. The van der Waals surface area contributed by atoms with Crippen LogP contribution < -0.4 is 10.1 Å². The van der Waals surface area contributed by atoms with Gasteiger partial charge in [-0.3, -0.25) is 4.79 Å². The van der Waals surface area contributed by atoms with Gasteiger partial charge in [0.1, 0.15) is 18.7 Å². The molecule has 1 atom stereocenters. The molecule has 21 heavy (non-hydrogen) atoms. The fraction of sp³-hybridized carbons (Fsp3) is 0.429. The van der Waals surface area contributed by atoms with E-state index >= 15 is 0 Å². The van der Waals surface area contributed by atoms with Gasteiger partial charge in [-0.05, 0) is 26.8 Å². The van der Waals surface area contributed by atoms with Crippen LogP contribution in [0.25, 0.3) is 0 Å². The number of pyridine rings is 1. The molecule has 1 amide bonds. The average molecular weight is 289 g/mol. The predicted octanol–water partition coefficient (Wildman–Crippen LogP) is 1.34. The van der Waals surface area contributed by atoms with Crippen molar-refractivity contribution in [1.29, 1.82) is 0 Å². The second-order valence-electron chi connectivity index (χ2n) is 4.90. The van der Waals surface area contributed by atoms with E-state index in [-0.39, 0.29) is 12.0 Å². The quantitative estimate of drug-likeness (QED) is 0.867. The van der Waals surface area contributed by atoms with E-state index in [1.165, 1.54) is 17.3 Å². The van der Waals surface area contributed by atoms with Gasteiger partial charge in [-0.25, -0.2) is 14.6 Å². The lowest BCUT2D eigenvalue weighted by molar-refractivity contribution is -0.124. The van der Waals surface area contributed by atoms with E-state index in [4.69, 9.17) is 4.74 Å². The number of carbonyl (C=O) groups excluding carboxylic acids is 1. The van der Waals surface area contributed by atoms with E-state index in [1.54, 1.807) is 13.1 Å². The van der Waals surface area contributed by atoms with Crippen molar-refractivity contribution in [3.05, 3.63) is 36.5 Å². The Labute approximate surface area is 123 Å². The monoisotopic (exact) mass is 289 g/mol. The molecule has 0 aliphatic heterocycles. The first-order chi connectivity index (χ1) is 10.1. The molecule has 1 N–H and O–H groups in total. The number of nitrogens with zero attached hydrogens (tertiary/aromatic N) is 4. The Morgan fingerprint density at radius 3 is 2.90 bits per heavy atom. The van der Waals surface area contributed by atoms with Crippen LogP contribution in [0.4, 0.5) is 0 Å². The molecule has 112 valence electrons. The first kappa shape index (κ1) is 15.0. The lowest BCUT2D eigenvalue weighted by atomic mass is 10.2. The van der Waals surface area contributed by atoms with Crippen LogP contribution in [0, 0.1) is 0 Å². The molecule has 0 unspecified atom stereocenters. The van der Waals surface area contributed by atoms with Gasteiger partial charge in [0.25, 0.3) is 0 Å². The van der Waals surface area contributed by atoms with Crippen LogP contribution in [-0.4, -0.2) is 31.8 Å². The van der Waals surface area contributed by atoms with Crippen molar-refractivity contribution in [3.63, 3.8) is 0 Å². The molecule has 0 saturated heterocycles. The van der Waals surface area contributed by atoms with Crippen LogP contribution in [0.1, 0.15) is 32.4 Å². The molecule has 2 rings (SSSR count). The first-order valence-electron chi connectivity index (χ1n) is 6.80. The van der Waals surface area contributed by atoms with Gasteiger partial charge in [-0.2, -0.15) is 5.10 Å². The molecule has 2 aromatic heterocycles. The fourth-order valence-electron chi connectivity index (χ4n) is 1.76. The first-order valence-corrected chi connectivity index (χ1v) is 6.80. The summed E-state index contributed by atoms with van der Waals surface area (Å²) >= 11 is 0. The van der Waals surface area contributed by atoms with Gasteiger partial charge in [-0.15, -0.1) is 0 Å². The third-order valence-electron chi connectivity index (χ3n) is 2.86.